The van der Waals surface area contributed by atoms with Gasteiger partial charge in [-0.25, -0.2) is 4.79 Å². The molecule has 0 spiro atoms. The predicted molar refractivity (Wildman–Crippen MR) is 104 cm³/mol. The highest BCUT2D eigenvalue weighted by Crippen LogP contribution is 2.38. The molecule has 0 bridgehead atoms. The molecular formula is C21H27ClN2O3. The van der Waals surface area contributed by atoms with Gasteiger partial charge >= 0.3 is 5.97 Å². The van der Waals surface area contributed by atoms with Gasteiger partial charge in [0.05, 0.1) is 18.0 Å². The number of carbonyl (C=O) groups is 2. The minimum Gasteiger partial charge on any atom is -0.458 e. The molecule has 1 fully saturated rings. The molecule has 0 aromatic heterocycles. The van der Waals surface area contributed by atoms with Crippen molar-refractivity contribution >= 4 is 23.5 Å². The quantitative estimate of drug-likeness (QED) is 0.686. The molecule has 2 unspecified atom stereocenters. The summed E-state index contributed by atoms with van der Waals surface area (Å²) in [6, 6.07) is 8.53. The zero-order valence-electron chi connectivity index (χ0n) is 16.4. The minimum absolute atomic E-state index is 0.152. The first-order valence-corrected chi connectivity index (χ1v) is 9.73. The zero-order valence-corrected chi connectivity index (χ0v) is 17.1. The first kappa shape index (κ1) is 21.2. The van der Waals surface area contributed by atoms with Crippen LogP contribution in [0.5, 0.6) is 0 Å². The van der Waals surface area contributed by atoms with Crippen molar-refractivity contribution in [3.63, 3.8) is 0 Å². The molecule has 27 heavy (non-hydrogen) atoms. The number of piperidine rings is 1. The van der Waals surface area contributed by atoms with Crippen LogP contribution in [-0.4, -0.2) is 28.4 Å². The topological polar surface area (TPSA) is 70.4 Å². The zero-order chi connectivity index (χ0) is 20.2. The van der Waals surface area contributed by atoms with Crippen molar-refractivity contribution in [2.75, 3.05) is 0 Å². The van der Waals surface area contributed by atoms with Gasteiger partial charge in [0.1, 0.15) is 11.6 Å². The molecule has 0 saturated carbocycles. The van der Waals surface area contributed by atoms with Crippen LogP contribution in [0.15, 0.2) is 24.3 Å². The van der Waals surface area contributed by atoms with Crippen molar-refractivity contribution in [1.82, 2.24) is 4.90 Å². The Morgan fingerprint density at radius 2 is 1.96 bits per heavy atom. The lowest BCUT2D eigenvalue weighted by Crippen LogP contribution is -2.53. The summed E-state index contributed by atoms with van der Waals surface area (Å²) in [6.45, 7) is 7.30. The normalized spacial score (nSPS) is 21.5. The lowest BCUT2D eigenvalue weighted by atomic mass is 9.85. The molecule has 0 aliphatic carbocycles. The maximum Gasteiger partial charge on any atom is 0.329 e. The van der Waals surface area contributed by atoms with E-state index in [0.717, 1.165) is 5.56 Å². The number of carbonyl (C=O) groups excluding carboxylic acids is 2. The second-order valence-corrected chi connectivity index (χ2v) is 8.34. The van der Waals surface area contributed by atoms with Gasteiger partial charge in [-0.3, -0.25) is 4.79 Å². The Morgan fingerprint density at radius 1 is 1.33 bits per heavy atom. The van der Waals surface area contributed by atoms with E-state index in [1.165, 1.54) is 0 Å². The second kappa shape index (κ2) is 8.75. The number of benzene rings is 1. The number of likely N-dealkylation sites (tertiary alicyclic amines) is 1. The summed E-state index contributed by atoms with van der Waals surface area (Å²) >= 11 is 6.00. The third-order valence-electron chi connectivity index (χ3n) is 4.72. The first-order chi connectivity index (χ1) is 12.7. The molecule has 1 amide bonds. The number of esters is 1. The summed E-state index contributed by atoms with van der Waals surface area (Å²) in [6.07, 6.45) is 1.93. The number of nitrogens with zero attached hydrogens (tertiary/aromatic N) is 2. The molecule has 146 valence electrons. The molecule has 2 rings (SSSR count). The Kier molecular flexibility index (Phi) is 6.89. The van der Waals surface area contributed by atoms with Crippen LogP contribution in [0.1, 0.15) is 65.0 Å². The summed E-state index contributed by atoms with van der Waals surface area (Å²) in [5.41, 5.74) is 0.302. The highest BCUT2D eigenvalue weighted by molar-refractivity contribution is 6.30. The van der Waals surface area contributed by atoms with Crippen molar-refractivity contribution in [2.45, 2.75) is 71.1 Å². The molecule has 5 nitrogen and oxygen atoms in total. The van der Waals surface area contributed by atoms with Crippen LogP contribution in [0, 0.1) is 17.2 Å². The van der Waals surface area contributed by atoms with Crippen LogP contribution < -0.4 is 0 Å². The Labute approximate surface area is 166 Å². The fourth-order valence-corrected chi connectivity index (χ4v) is 3.64. The fourth-order valence-electron chi connectivity index (χ4n) is 3.52. The number of halogens is 1. The standard InChI is InChI=1S/C21H27ClN2O3/c1-5-17(20(26)27-21(2,3)4)24-18(14-6-9-16(22)10-7-14)11-8-15(12-13-23)19(24)25/h6-7,9-10,15,17-18H,5,8,11-12H2,1-4H3/t15?,17-,18?/m0/s1. The van der Waals surface area contributed by atoms with E-state index >= 15 is 0 Å². The van der Waals surface area contributed by atoms with Crippen molar-refractivity contribution in [3.05, 3.63) is 34.9 Å². The lowest BCUT2D eigenvalue weighted by molar-refractivity contribution is -0.169. The lowest BCUT2D eigenvalue weighted by Gasteiger charge is -2.43. The number of hydrogen-bond acceptors (Lipinski definition) is 4. The van der Waals surface area contributed by atoms with Gasteiger partial charge in [0.2, 0.25) is 5.91 Å². The van der Waals surface area contributed by atoms with Crippen molar-refractivity contribution in [2.24, 2.45) is 5.92 Å². The van der Waals surface area contributed by atoms with Crippen LogP contribution >= 0.6 is 11.6 Å². The molecule has 1 saturated heterocycles. The van der Waals surface area contributed by atoms with E-state index < -0.39 is 17.6 Å². The summed E-state index contributed by atoms with van der Waals surface area (Å²) in [5.74, 6) is -0.939. The number of rotatable bonds is 5. The van der Waals surface area contributed by atoms with Crippen LogP contribution in [0.2, 0.25) is 5.02 Å². The number of ether oxygens (including phenoxy) is 1. The van der Waals surface area contributed by atoms with Crippen LogP contribution in [0.4, 0.5) is 0 Å². The fraction of sp³-hybridized carbons (Fsp3) is 0.571. The monoisotopic (exact) mass is 390 g/mol. The van der Waals surface area contributed by atoms with Crippen LogP contribution in [-0.2, 0) is 14.3 Å². The van der Waals surface area contributed by atoms with Crippen molar-refractivity contribution < 1.29 is 14.3 Å². The Hall–Kier alpha value is -2.06. The van der Waals surface area contributed by atoms with Gasteiger partial charge in [-0.2, -0.15) is 5.26 Å². The van der Waals surface area contributed by atoms with E-state index in [-0.39, 0.29) is 24.3 Å². The van der Waals surface area contributed by atoms with Gasteiger partial charge < -0.3 is 9.64 Å². The molecule has 1 heterocycles. The molecule has 6 heteroatoms. The molecule has 0 N–H and O–H groups in total. The van der Waals surface area contributed by atoms with Gasteiger partial charge in [-0.05, 0) is 57.7 Å². The Bertz CT molecular complexity index is 718. The summed E-state index contributed by atoms with van der Waals surface area (Å²) < 4.78 is 5.57. The Balaban J connectivity index is 2.40. The second-order valence-electron chi connectivity index (χ2n) is 7.91. The smallest absolute Gasteiger partial charge is 0.329 e. The van der Waals surface area contributed by atoms with Gasteiger partial charge in [0.15, 0.2) is 0 Å². The minimum atomic E-state index is -0.682. The molecule has 1 aliphatic heterocycles. The highest BCUT2D eigenvalue weighted by Gasteiger charge is 2.42. The largest absolute Gasteiger partial charge is 0.458 e. The molecule has 3 atom stereocenters. The van der Waals surface area contributed by atoms with E-state index in [1.54, 1.807) is 17.0 Å². The van der Waals surface area contributed by atoms with E-state index in [1.807, 2.05) is 39.8 Å². The average molecular weight is 391 g/mol. The van der Waals surface area contributed by atoms with E-state index in [0.29, 0.717) is 24.3 Å². The van der Waals surface area contributed by atoms with Crippen molar-refractivity contribution in [1.29, 1.82) is 5.26 Å². The number of hydrogen-bond donors (Lipinski definition) is 0. The highest BCUT2D eigenvalue weighted by atomic mass is 35.5. The van der Waals surface area contributed by atoms with Gasteiger partial charge in [-0.1, -0.05) is 30.7 Å². The number of amides is 1. The first-order valence-electron chi connectivity index (χ1n) is 9.35. The summed E-state index contributed by atoms with van der Waals surface area (Å²) in [7, 11) is 0. The summed E-state index contributed by atoms with van der Waals surface area (Å²) in [5, 5.41) is 9.69. The maximum atomic E-state index is 13.2. The van der Waals surface area contributed by atoms with Crippen LogP contribution in [0.3, 0.4) is 0 Å². The molecule has 1 aromatic carbocycles. The molecule has 1 aromatic rings. The third-order valence-corrected chi connectivity index (χ3v) is 4.97. The average Bonchev–Trinajstić information content (AvgIpc) is 2.58. The van der Waals surface area contributed by atoms with Gasteiger partial charge in [0, 0.05) is 11.4 Å². The molecule has 0 radical (unpaired) electrons. The molecular weight excluding hydrogens is 364 g/mol. The maximum absolute atomic E-state index is 13.2. The van der Waals surface area contributed by atoms with Gasteiger partial charge in [-0.15, -0.1) is 0 Å². The SMILES string of the molecule is CC[C@@H](C(=O)OC(C)(C)C)N1C(=O)C(CC#N)CCC1c1ccc(Cl)cc1. The Morgan fingerprint density at radius 3 is 2.48 bits per heavy atom. The molecule has 1 aliphatic rings. The summed E-state index contributed by atoms with van der Waals surface area (Å²) in [4.78, 5) is 27.6. The van der Waals surface area contributed by atoms with Crippen LogP contribution in [0.25, 0.3) is 0 Å². The third kappa shape index (κ3) is 5.23. The van der Waals surface area contributed by atoms with Gasteiger partial charge in [0.25, 0.3) is 0 Å². The van der Waals surface area contributed by atoms with E-state index in [2.05, 4.69) is 6.07 Å². The number of nitriles is 1. The van der Waals surface area contributed by atoms with Crippen molar-refractivity contribution in [3.8, 4) is 6.07 Å². The predicted octanol–water partition coefficient (Wildman–Crippen LogP) is 4.65. The van der Waals surface area contributed by atoms with E-state index in [4.69, 9.17) is 21.6 Å². The van der Waals surface area contributed by atoms with E-state index in [9.17, 15) is 9.59 Å².